The van der Waals surface area contributed by atoms with Crippen molar-refractivity contribution in [3.05, 3.63) is 0 Å². The van der Waals surface area contributed by atoms with E-state index in [9.17, 15) is 0 Å². The highest BCUT2D eigenvalue weighted by Gasteiger charge is 2.25. The van der Waals surface area contributed by atoms with Crippen molar-refractivity contribution in [2.24, 2.45) is 0 Å². The summed E-state index contributed by atoms with van der Waals surface area (Å²) >= 11 is 31.3. The lowest BCUT2D eigenvalue weighted by Crippen LogP contribution is -2.47. The highest BCUT2D eigenvalue weighted by molar-refractivity contribution is 6.68. The highest BCUT2D eigenvalue weighted by atomic mass is 35.6. The van der Waals surface area contributed by atoms with Gasteiger partial charge in [-0.15, -0.1) is 0 Å². The van der Waals surface area contributed by atoms with Crippen LogP contribution in [-0.4, -0.2) is 7.83 Å². The van der Waals surface area contributed by atoms with Crippen LogP contribution in [0.15, 0.2) is 0 Å². The molecule has 0 aliphatic carbocycles. The standard InChI is InChI=1S/C2H2Cl6N2/c3-1(4,5)9-10-2(6,7)8/h9-10H. The fraction of sp³-hybridized carbons (Fsp3) is 1.00. The van der Waals surface area contributed by atoms with Crippen LogP contribution in [0, 0.1) is 0 Å². The van der Waals surface area contributed by atoms with Gasteiger partial charge in [0.2, 0.25) is 0 Å². The van der Waals surface area contributed by atoms with E-state index in [1.165, 1.54) is 0 Å². The minimum absolute atomic E-state index is 1.69. The Balaban J connectivity index is 3.56. The molecule has 0 rings (SSSR count). The monoisotopic (exact) mass is 264 g/mol. The number of nitrogens with one attached hydrogen (secondary N) is 2. The fourth-order valence-electron chi connectivity index (χ4n) is 0.142. The Morgan fingerprint density at radius 3 is 0.900 bits per heavy atom. The van der Waals surface area contributed by atoms with E-state index in [0.29, 0.717) is 0 Å². The van der Waals surface area contributed by atoms with Gasteiger partial charge in [-0.1, -0.05) is 69.6 Å². The third-order valence-electron chi connectivity index (χ3n) is 0.346. The van der Waals surface area contributed by atoms with E-state index in [1.807, 2.05) is 0 Å². The molecule has 0 atom stereocenters. The first kappa shape index (κ1) is 11.7. The largest absolute Gasteiger partial charge is 0.257 e. The first-order chi connectivity index (χ1) is 4.21. The maximum atomic E-state index is 5.22. The Kier molecular flexibility index (Phi) is 4.73. The summed E-state index contributed by atoms with van der Waals surface area (Å²) in [6.07, 6.45) is 0. The summed E-state index contributed by atoms with van der Waals surface area (Å²) in [6, 6.07) is 0. The minimum atomic E-state index is -1.69. The number of hydrogen-bond acceptors (Lipinski definition) is 2. The zero-order valence-electron chi connectivity index (χ0n) is 4.27. The molecule has 0 saturated heterocycles. The van der Waals surface area contributed by atoms with Crippen LogP contribution in [0.2, 0.25) is 0 Å². The topological polar surface area (TPSA) is 24.1 Å². The van der Waals surface area contributed by atoms with Crippen LogP contribution < -0.4 is 10.9 Å². The van der Waals surface area contributed by atoms with E-state index in [1.54, 1.807) is 0 Å². The maximum Gasteiger partial charge on any atom is 0.257 e. The Morgan fingerprint density at radius 1 is 0.600 bits per heavy atom. The van der Waals surface area contributed by atoms with E-state index in [4.69, 9.17) is 69.6 Å². The summed E-state index contributed by atoms with van der Waals surface area (Å²) in [4.78, 5) is 0. The van der Waals surface area contributed by atoms with Gasteiger partial charge in [0.15, 0.2) is 0 Å². The van der Waals surface area contributed by atoms with Gasteiger partial charge in [0.25, 0.3) is 7.83 Å². The van der Waals surface area contributed by atoms with Crippen molar-refractivity contribution in [1.29, 1.82) is 0 Å². The lowest BCUT2D eigenvalue weighted by Gasteiger charge is -2.18. The molecule has 0 amide bonds. The molecule has 0 radical (unpaired) electrons. The average molecular weight is 267 g/mol. The second-order valence-corrected chi connectivity index (χ2v) is 5.81. The number of hydrazine groups is 1. The van der Waals surface area contributed by atoms with Crippen LogP contribution in [0.1, 0.15) is 0 Å². The molecule has 8 heteroatoms. The first-order valence-corrected chi connectivity index (χ1v) is 4.15. The molecule has 0 aliphatic heterocycles. The van der Waals surface area contributed by atoms with Crippen LogP contribution in [0.5, 0.6) is 0 Å². The molecule has 2 N–H and O–H groups in total. The van der Waals surface area contributed by atoms with Crippen molar-refractivity contribution < 1.29 is 0 Å². The van der Waals surface area contributed by atoms with Crippen LogP contribution in [0.25, 0.3) is 0 Å². The molecule has 0 saturated carbocycles. The van der Waals surface area contributed by atoms with E-state index < -0.39 is 7.83 Å². The third kappa shape index (κ3) is 9.66. The Morgan fingerprint density at radius 2 is 0.800 bits per heavy atom. The molecule has 0 aromatic rings. The molecule has 0 aromatic carbocycles. The Hall–Kier alpha value is 1.66. The highest BCUT2D eigenvalue weighted by Crippen LogP contribution is 2.25. The van der Waals surface area contributed by atoms with Gasteiger partial charge in [-0.25, -0.2) is 10.9 Å². The van der Waals surface area contributed by atoms with Crippen molar-refractivity contribution in [3.63, 3.8) is 0 Å². The second kappa shape index (κ2) is 4.06. The summed E-state index contributed by atoms with van der Waals surface area (Å²) in [5.74, 6) is 0. The molecule has 2 nitrogen and oxygen atoms in total. The molecular formula is C2H2Cl6N2. The normalized spacial score (nSPS) is 13.8. The van der Waals surface area contributed by atoms with Crippen LogP contribution in [0.3, 0.4) is 0 Å². The third-order valence-corrected chi connectivity index (χ3v) is 0.913. The molecule has 0 spiro atoms. The van der Waals surface area contributed by atoms with Crippen molar-refractivity contribution in [2.45, 2.75) is 7.83 Å². The molecule has 0 unspecified atom stereocenters. The maximum absolute atomic E-state index is 5.22. The van der Waals surface area contributed by atoms with Crippen molar-refractivity contribution in [1.82, 2.24) is 10.9 Å². The van der Waals surface area contributed by atoms with Gasteiger partial charge < -0.3 is 0 Å². The van der Waals surface area contributed by atoms with Gasteiger partial charge in [0, 0.05) is 0 Å². The van der Waals surface area contributed by atoms with Crippen molar-refractivity contribution in [3.8, 4) is 0 Å². The zero-order chi connectivity index (χ0) is 8.41. The molecule has 0 heterocycles. The van der Waals surface area contributed by atoms with E-state index >= 15 is 0 Å². The molecule has 0 fully saturated rings. The Labute approximate surface area is 88.0 Å². The summed E-state index contributed by atoms with van der Waals surface area (Å²) in [5.41, 5.74) is 4.22. The van der Waals surface area contributed by atoms with Crippen molar-refractivity contribution >= 4 is 69.6 Å². The zero-order valence-corrected chi connectivity index (χ0v) is 8.80. The van der Waals surface area contributed by atoms with Crippen molar-refractivity contribution in [2.75, 3.05) is 0 Å². The molecule has 10 heavy (non-hydrogen) atoms. The van der Waals surface area contributed by atoms with Gasteiger partial charge in [-0.2, -0.15) is 0 Å². The lowest BCUT2D eigenvalue weighted by molar-refractivity contribution is 0.554. The minimum Gasteiger partial charge on any atom is -0.207 e. The number of hydrogen-bond donors (Lipinski definition) is 2. The SMILES string of the molecule is ClC(Cl)(Cl)NNC(Cl)(Cl)Cl. The number of rotatable bonds is 1. The Bertz CT molecular complexity index is 87.3. The predicted octanol–water partition coefficient (Wildman–Crippen LogP) is 2.74. The summed E-state index contributed by atoms with van der Waals surface area (Å²) in [6.45, 7) is 0. The van der Waals surface area contributed by atoms with Gasteiger partial charge in [0.05, 0.1) is 0 Å². The van der Waals surface area contributed by atoms with Gasteiger partial charge in [0.1, 0.15) is 0 Å². The van der Waals surface area contributed by atoms with E-state index in [0.717, 1.165) is 0 Å². The fourth-order valence-corrected chi connectivity index (χ4v) is 0.425. The first-order valence-electron chi connectivity index (χ1n) is 1.88. The molecule has 0 aliphatic rings. The van der Waals surface area contributed by atoms with Gasteiger partial charge >= 0.3 is 0 Å². The van der Waals surface area contributed by atoms with E-state index in [-0.39, 0.29) is 0 Å². The van der Waals surface area contributed by atoms with Crippen LogP contribution in [-0.2, 0) is 0 Å². The number of halogens is 6. The molecule has 0 bridgehead atoms. The molecule has 62 valence electrons. The van der Waals surface area contributed by atoms with Gasteiger partial charge in [-0.05, 0) is 0 Å². The molecular weight excluding hydrogens is 265 g/mol. The average Bonchev–Trinajstić information content (AvgIpc) is 1.57. The summed E-state index contributed by atoms with van der Waals surface area (Å²) < 4.78 is -3.38. The lowest BCUT2D eigenvalue weighted by atomic mass is 11.3. The second-order valence-electron chi connectivity index (χ2n) is 1.25. The predicted molar refractivity (Wildman–Crippen MR) is 46.9 cm³/mol. The van der Waals surface area contributed by atoms with Gasteiger partial charge in [-0.3, -0.25) is 0 Å². The van der Waals surface area contributed by atoms with Crippen LogP contribution >= 0.6 is 69.6 Å². The van der Waals surface area contributed by atoms with Crippen LogP contribution in [0.4, 0.5) is 0 Å². The molecule has 0 aromatic heterocycles. The smallest absolute Gasteiger partial charge is 0.207 e. The summed E-state index contributed by atoms with van der Waals surface area (Å²) in [5, 5.41) is 0. The quantitative estimate of drug-likeness (QED) is 0.433. The number of alkyl halides is 6. The van der Waals surface area contributed by atoms with E-state index in [2.05, 4.69) is 10.9 Å². The summed E-state index contributed by atoms with van der Waals surface area (Å²) in [7, 11) is 0.